The highest BCUT2D eigenvalue weighted by Gasteiger charge is 2.70. The van der Waals surface area contributed by atoms with Crippen LogP contribution in [0.5, 0.6) is 0 Å². The van der Waals surface area contributed by atoms with Gasteiger partial charge in [0, 0.05) is 19.0 Å². The largest absolute Gasteiger partial charge is 0.352 e. The average Bonchev–Trinajstić information content (AvgIpc) is 3.50. The van der Waals surface area contributed by atoms with Crippen molar-refractivity contribution in [2.24, 2.45) is 17.1 Å². The maximum absolute atomic E-state index is 14.9. The number of hydrogen-bond donors (Lipinski definition) is 2. The molecule has 26 heavy (non-hydrogen) atoms. The summed E-state index contributed by atoms with van der Waals surface area (Å²) < 4.78 is 28.6. The Morgan fingerprint density at radius 2 is 2.12 bits per heavy atom. The first-order valence-electron chi connectivity index (χ1n) is 8.71. The molecule has 3 fully saturated rings. The molecule has 1 unspecified atom stereocenters. The molecule has 1 aromatic carbocycles. The molecular weight excluding hydrogens is 364 g/mol. The number of benzene rings is 1. The van der Waals surface area contributed by atoms with Crippen LogP contribution in [0.2, 0.25) is 5.02 Å². The molecule has 1 heterocycles. The van der Waals surface area contributed by atoms with E-state index in [-0.39, 0.29) is 35.9 Å². The van der Waals surface area contributed by atoms with Crippen LogP contribution in [0.25, 0.3) is 0 Å². The molecule has 2 aliphatic carbocycles. The Balaban J connectivity index is 1.87. The van der Waals surface area contributed by atoms with Gasteiger partial charge in [-0.1, -0.05) is 17.7 Å². The number of rotatable bonds is 3. The zero-order valence-electron chi connectivity index (χ0n) is 14.3. The molecule has 8 heteroatoms. The summed E-state index contributed by atoms with van der Waals surface area (Å²) in [5, 5.41) is 2.17. The normalized spacial score (nSPS) is 30.1. The lowest BCUT2D eigenvalue weighted by Gasteiger charge is -2.48. The molecule has 3 N–H and O–H groups in total. The number of halogens is 3. The third-order valence-electron chi connectivity index (χ3n) is 6.46. The van der Waals surface area contributed by atoms with Crippen LogP contribution >= 0.6 is 11.6 Å². The quantitative estimate of drug-likeness (QED) is 0.787. The summed E-state index contributed by atoms with van der Waals surface area (Å²) in [6.07, 6.45) is 2.87. The lowest BCUT2D eigenvalue weighted by Crippen LogP contribution is -2.68. The first-order chi connectivity index (χ1) is 12.2. The summed E-state index contributed by atoms with van der Waals surface area (Å²) in [5.41, 5.74) is 4.45. The van der Waals surface area contributed by atoms with Crippen LogP contribution in [0.15, 0.2) is 12.1 Å². The minimum atomic E-state index is -1.36. The standard InChI is InChI=1S/C18H20ClF2N3O2/c1-17(15(25)23-6-7-24(17)16(22)26)12(10-8-18(10)4-5-18)9-2-3-11(20)13(19)14(9)21/h2-3,10,12H,4-8H2,1H3,(H2,22,26)(H,23,25)/t10-,12+,17?/m0/s1. The second-order valence-corrected chi connectivity index (χ2v) is 8.19. The van der Waals surface area contributed by atoms with Crippen molar-refractivity contribution in [3.8, 4) is 0 Å². The summed E-state index contributed by atoms with van der Waals surface area (Å²) in [6, 6.07) is 1.71. The van der Waals surface area contributed by atoms with Gasteiger partial charge in [-0.2, -0.15) is 0 Å². The smallest absolute Gasteiger partial charge is 0.315 e. The molecule has 1 spiro atoms. The number of nitrogens with zero attached hydrogens (tertiary/aromatic N) is 1. The minimum Gasteiger partial charge on any atom is -0.352 e. The third kappa shape index (κ3) is 2.32. The van der Waals surface area contributed by atoms with Crippen LogP contribution in [-0.4, -0.2) is 35.5 Å². The van der Waals surface area contributed by atoms with E-state index in [0.29, 0.717) is 0 Å². The number of primary amides is 1. The number of carbonyl (C=O) groups is 2. The van der Waals surface area contributed by atoms with Crippen LogP contribution in [0.1, 0.15) is 37.7 Å². The van der Waals surface area contributed by atoms with E-state index in [1.165, 1.54) is 11.0 Å². The molecule has 1 aromatic rings. The van der Waals surface area contributed by atoms with E-state index < -0.39 is 34.1 Å². The number of piperazine rings is 1. The summed E-state index contributed by atoms with van der Waals surface area (Å²) in [6.45, 7) is 2.14. The van der Waals surface area contributed by atoms with Crippen molar-refractivity contribution in [1.82, 2.24) is 10.2 Å². The van der Waals surface area contributed by atoms with Crippen molar-refractivity contribution in [3.05, 3.63) is 34.4 Å². The van der Waals surface area contributed by atoms with Gasteiger partial charge in [-0.3, -0.25) is 4.79 Å². The highest BCUT2D eigenvalue weighted by Crippen LogP contribution is 2.76. The first-order valence-corrected chi connectivity index (χ1v) is 9.09. The van der Waals surface area contributed by atoms with E-state index in [4.69, 9.17) is 17.3 Å². The van der Waals surface area contributed by atoms with Gasteiger partial charge < -0.3 is 16.0 Å². The second-order valence-electron chi connectivity index (χ2n) is 7.81. The highest BCUT2D eigenvalue weighted by atomic mass is 35.5. The van der Waals surface area contributed by atoms with E-state index in [1.54, 1.807) is 6.92 Å². The van der Waals surface area contributed by atoms with Crippen molar-refractivity contribution in [2.75, 3.05) is 13.1 Å². The van der Waals surface area contributed by atoms with Gasteiger partial charge in [-0.15, -0.1) is 0 Å². The fourth-order valence-corrected chi connectivity index (χ4v) is 4.91. The fourth-order valence-electron chi connectivity index (χ4n) is 4.74. The van der Waals surface area contributed by atoms with Crippen molar-refractivity contribution < 1.29 is 18.4 Å². The number of carbonyl (C=O) groups excluding carboxylic acids is 2. The van der Waals surface area contributed by atoms with Crippen LogP contribution in [0.3, 0.4) is 0 Å². The minimum absolute atomic E-state index is 0.0224. The summed E-state index contributed by atoms with van der Waals surface area (Å²) in [5.74, 6) is -2.72. The Hall–Kier alpha value is -1.89. The van der Waals surface area contributed by atoms with E-state index in [0.717, 1.165) is 25.3 Å². The number of nitrogens with two attached hydrogens (primary N) is 1. The Bertz CT molecular complexity index is 814. The van der Waals surface area contributed by atoms with Crippen molar-refractivity contribution in [1.29, 1.82) is 0 Å². The molecule has 0 aromatic heterocycles. The van der Waals surface area contributed by atoms with Gasteiger partial charge in [0.15, 0.2) is 0 Å². The van der Waals surface area contributed by atoms with Gasteiger partial charge in [-0.05, 0) is 49.1 Å². The van der Waals surface area contributed by atoms with E-state index in [1.807, 2.05) is 0 Å². The zero-order chi connectivity index (χ0) is 18.9. The van der Waals surface area contributed by atoms with Crippen molar-refractivity contribution >= 4 is 23.5 Å². The molecule has 0 radical (unpaired) electrons. The number of urea groups is 1. The van der Waals surface area contributed by atoms with Crippen LogP contribution < -0.4 is 11.1 Å². The molecule has 0 bridgehead atoms. The van der Waals surface area contributed by atoms with Crippen molar-refractivity contribution in [3.63, 3.8) is 0 Å². The van der Waals surface area contributed by atoms with Crippen LogP contribution in [0, 0.1) is 23.0 Å². The van der Waals surface area contributed by atoms with Gasteiger partial charge in [0.25, 0.3) is 0 Å². The molecule has 2 saturated carbocycles. The number of amides is 3. The molecule has 1 saturated heterocycles. The Morgan fingerprint density at radius 1 is 1.42 bits per heavy atom. The summed E-state index contributed by atoms with van der Waals surface area (Å²) >= 11 is 5.80. The van der Waals surface area contributed by atoms with Gasteiger partial charge >= 0.3 is 6.03 Å². The maximum atomic E-state index is 14.9. The lowest BCUT2D eigenvalue weighted by atomic mass is 9.73. The molecule has 1 aliphatic heterocycles. The van der Waals surface area contributed by atoms with Crippen LogP contribution in [-0.2, 0) is 4.79 Å². The molecule has 3 amide bonds. The predicted molar refractivity (Wildman–Crippen MR) is 91.6 cm³/mol. The Labute approximate surface area is 154 Å². The van der Waals surface area contributed by atoms with Gasteiger partial charge in [0.05, 0.1) is 0 Å². The second kappa shape index (κ2) is 5.55. The van der Waals surface area contributed by atoms with E-state index in [9.17, 15) is 18.4 Å². The van der Waals surface area contributed by atoms with E-state index >= 15 is 0 Å². The zero-order valence-corrected chi connectivity index (χ0v) is 15.1. The summed E-state index contributed by atoms with van der Waals surface area (Å²) in [7, 11) is 0. The Morgan fingerprint density at radius 3 is 2.69 bits per heavy atom. The maximum Gasteiger partial charge on any atom is 0.315 e. The van der Waals surface area contributed by atoms with Gasteiger partial charge in [0.1, 0.15) is 22.2 Å². The fraction of sp³-hybridized carbons (Fsp3) is 0.556. The van der Waals surface area contributed by atoms with E-state index in [2.05, 4.69) is 5.32 Å². The molecule has 5 nitrogen and oxygen atoms in total. The highest BCUT2D eigenvalue weighted by molar-refractivity contribution is 6.31. The monoisotopic (exact) mass is 383 g/mol. The Kier molecular flexibility index (Phi) is 3.74. The summed E-state index contributed by atoms with van der Waals surface area (Å²) in [4.78, 5) is 26.3. The first kappa shape index (κ1) is 17.5. The molecule has 3 atom stereocenters. The SMILES string of the molecule is CC1([C@H](c2ccc(F)c(Cl)c2F)[C@@H]2CC23CC3)C(=O)NCCN1C(N)=O. The number of nitrogens with one attached hydrogen (secondary N) is 1. The molecular formula is C18H20ClF2N3O2. The lowest BCUT2D eigenvalue weighted by molar-refractivity contribution is -0.135. The topological polar surface area (TPSA) is 75.4 Å². The molecule has 3 aliphatic rings. The number of hydrogen-bond acceptors (Lipinski definition) is 2. The van der Waals surface area contributed by atoms with Gasteiger partial charge in [-0.25, -0.2) is 13.6 Å². The van der Waals surface area contributed by atoms with Gasteiger partial charge in [0.2, 0.25) is 5.91 Å². The third-order valence-corrected chi connectivity index (χ3v) is 6.81. The average molecular weight is 384 g/mol. The molecule has 140 valence electrons. The van der Waals surface area contributed by atoms with Crippen molar-refractivity contribution in [2.45, 2.75) is 37.6 Å². The predicted octanol–water partition coefficient (Wildman–Crippen LogP) is 2.77. The van der Waals surface area contributed by atoms with Crippen LogP contribution in [0.4, 0.5) is 13.6 Å². The molecule has 4 rings (SSSR count).